The first-order valence-electron chi connectivity index (χ1n) is 14.3. The Kier molecular flexibility index (Phi) is 11.1. The van der Waals surface area contributed by atoms with E-state index in [1.165, 1.54) is 55.0 Å². The minimum atomic E-state index is -0.400. The topological polar surface area (TPSA) is 0 Å². The van der Waals surface area contributed by atoms with Crippen LogP contribution < -0.4 is 24.8 Å². The standard InChI is InChI=1S/C21H25.C17H18Cl.2ClH.Zr/c1-20(2,3)16-11-10-14-12-15-8-7-9-18(21(4,5)6)19(15)17(14)13-16;1-11-10-13-15(16(2,3)4)14(11)17(13,18)12-8-6-5-7-9-12;;;/h7-13H,1-6H3;5-9,11H,1-4H3;2*1H;/q2*-1;;;+4/p-2. The summed E-state index contributed by atoms with van der Waals surface area (Å²) >= 11 is 6.93. The van der Waals surface area contributed by atoms with E-state index in [1.807, 2.05) is 6.07 Å². The summed E-state index contributed by atoms with van der Waals surface area (Å²) in [6, 6.07) is 26.4. The quantitative estimate of drug-likeness (QED) is 0.191. The van der Waals surface area contributed by atoms with Gasteiger partial charge in [0.05, 0.1) is 4.87 Å². The van der Waals surface area contributed by atoms with Crippen LogP contribution >= 0.6 is 11.6 Å². The van der Waals surface area contributed by atoms with Crippen molar-refractivity contribution in [1.82, 2.24) is 0 Å². The van der Waals surface area contributed by atoms with Crippen molar-refractivity contribution in [2.24, 2.45) is 11.3 Å². The Bertz CT molecular complexity index is 1620. The van der Waals surface area contributed by atoms with Crippen LogP contribution in [0.25, 0.3) is 21.5 Å². The molecule has 0 spiro atoms. The van der Waals surface area contributed by atoms with E-state index in [0.29, 0.717) is 5.92 Å². The van der Waals surface area contributed by atoms with Crippen LogP contribution in [0.5, 0.6) is 0 Å². The molecule has 4 heteroatoms. The van der Waals surface area contributed by atoms with Gasteiger partial charge in [-0.2, -0.15) is 11.1 Å². The number of allylic oxidation sites excluding steroid dienone is 4. The fourth-order valence-corrected chi connectivity index (χ4v) is 6.96. The molecule has 0 heterocycles. The third kappa shape index (κ3) is 6.29. The molecule has 0 nitrogen and oxygen atoms in total. The van der Waals surface area contributed by atoms with E-state index in [-0.39, 0.29) is 67.3 Å². The number of hydrogen-bond donors (Lipinski definition) is 0. The molecule has 0 radical (unpaired) electrons. The maximum absolute atomic E-state index is 6.93. The molecule has 0 aliphatic heterocycles. The summed E-state index contributed by atoms with van der Waals surface area (Å²) in [4.78, 5) is -0.400. The number of hydrogen-bond acceptors (Lipinski definition) is 0. The maximum atomic E-state index is 6.93. The van der Waals surface area contributed by atoms with Gasteiger partial charge in [-0.05, 0) is 16.4 Å². The molecular formula is C38H43Cl3Zr. The summed E-state index contributed by atoms with van der Waals surface area (Å²) in [5.41, 5.74) is 8.55. The minimum absolute atomic E-state index is 0. The summed E-state index contributed by atoms with van der Waals surface area (Å²) in [5.74, 6) is 0.354. The van der Waals surface area contributed by atoms with Gasteiger partial charge in [-0.25, -0.2) is 0 Å². The average molecular weight is 697 g/mol. The van der Waals surface area contributed by atoms with Gasteiger partial charge in [-0.15, -0.1) is 56.9 Å². The SMILES string of the molecule is CC(C)(C)c1ccc2[cH-]c3cccc(C(C)(C)C)c3c2c1.CC1[C-]=C2C(C(C)(C)C)=C1C2(Cl)c1ccccc1.[Cl-].[Cl-].[Zr+4]. The normalized spacial score (nSPS) is 19.6. The van der Waals surface area contributed by atoms with Crippen LogP contribution in [0.2, 0.25) is 0 Å². The second-order valence-corrected chi connectivity index (χ2v) is 15.1. The molecule has 2 atom stereocenters. The molecular weight excluding hydrogens is 654 g/mol. The number of halogens is 3. The molecule has 220 valence electrons. The van der Waals surface area contributed by atoms with Gasteiger partial charge in [0.25, 0.3) is 0 Å². The largest absolute Gasteiger partial charge is 4.00 e. The van der Waals surface area contributed by atoms with E-state index in [2.05, 4.69) is 142 Å². The number of fused-ring (bicyclic) bond motifs is 4. The smallest absolute Gasteiger partial charge is 1.00 e. The van der Waals surface area contributed by atoms with Crippen molar-refractivity contribution in [3.63, 3.8) is 0 Å². The zero-order valence-electron chi connectivity index (χ0n) is 26.6. The minimum Gasteiger partial charge on any atom is -1.00 e. The summed E-state index contributed by atoms with van der Waals surface area (Å²) in [7, 11) is 0. The Morgan fingerprint density at radius 1 is 0.738 bits per heavy atom. The number of benzene rings is 3. The second kappa shape index (κ2) is 12.6. The molecule has 0 saturated carbocycles. The van der Waals surface area contributed by atoms with Gasteiger partial charge in [-0.1, -0.05) is 146 Å². The van der Waals surface area contributed by atoms with Crippen molar-refractivity contribution < 1.29 is 51.0 Å². The van der Waals surface area contributed by atoms with E-state index in [1.54, 1.807) is 0 Å². The number of rotatable bonds is 1. The maximum Gasteiger partial charge on any atom is 4.00 e. The molecule has 0 aromatic heterocycles. The van der Waals surface area contributed by atoms with Crippen LogP contribution in [0, 0.1) is 17.4 Å². The van der Waals surface area contributed by atoms with Crippen molar-refractivity contribution in [2.45, 2.75) is 84.9 Å². The van der Waals surface area contributed by atoms with Crippen LogP contribution in [0.4, 0.5) is 0 Å². The zero-order chi connectivity index (χ0) is 28.5. The third-order valence-corrected chi connectivity index (χ3v) is 8.97. The Morgan fingerprint density at radius 2 is 1.36 bits per heavy atom. The monoisotopic (exact) mass is 694 g/mol. The molecule has 3 aliphatic carbocycles. The van der Waals surface area contributed by atoms with E-state index >= 15 is 0 Å². The fraction of sp³-hybridized carbons (Fsp3) is 0.395. The van der Waals surface area contributed by atoms with Crippen molar-refractivity contribution >= 4 is 33.1 Å². The van der Waals surface area contributed by atoms with Gasteiger partial charge < -0.3 is 24.8 Å². The van der Waals surface area contributed by atoms with Crippen LogP contribution in [-0.2, 0) is 41.9 Å². The average Bonchev–Trinajstić information content (AvgIpc) is 3.49. The Hall–Kier alpha value is -1.24. The summed E-state index contributed by atoms with van der Waals surface area (Å²) in [5, 5.41) is 5.56. The molecule has 0 N–H and O–H groups in total. The Labute approximate surface area is 290 Å². The summed E-state index contributed by atoms with van der Waals surface area (Å²) in [6.45, 7) is 22.7. The molecule has 2 bridgehead atoms. The fourth-order valence-electron chi connectivity index (χ4n) is 6.42. The second-order valence-electron chi connectivity index (χ2n) is 14.5. The van der Waals surface area contributed by atoms with Crippen LogP contribution in [0.15, 0.2) is 89.5 Å². The van der Waals surface area contributed by atoms with Gasteiger partial charge in [0.1, 0.15) is 0 Å². The Balaban J connectivity index is 0.000000276. The van der Waals surface area contributed by atoms with E-state index in [9.17, 15) is 0 Å². The van der Waals surface area contributed by atoms with E-state index in [0.717, 1.165) is 0 Å². The van der Waals surface area contributed by atoms with E-state index in [4.69, 9.17) is 11.6 Å². The van der Waals surface area contributed by atoms with Crippen molar-refractivity contribution in [1.29, 1.82) is 0 Å². The molecule has 2 unspecified atom stereocenters. The first kappa shape index (κ1) is 37.0. The van der Waals surface area contributed by atoms with Gasteiger partial charge >= 0.3 is 26.2 Å². The van der Waals surface area contributed by atoms with Gasteiger partial charge in [0, 0.05) is 0 Å². The van der Waals surface area contributed by atoms with Crippen LogP contribution in [0.3, 0.4) is 0 Å². The first-order valence-corrected chi connectivity index (χ1v) is 14.7. The van der Waals surface area contributed by atoms with Crippen LogP contribution in [0.1, 0.15) is 85.9 Å². The summed E-state index contributed by atoms with van der Waals surface area (Å²) in [6.07, 6.45) is 3.55. The molecule has 42 heavy (non-hydrogen) atoms. The molecule has 3 aliphatic rings. The molecule has 0 saturated heterocycles. The predicted octanol–water partition coefficient (Wildman–Crippen LogP) is 5.17. The third-order valence-electron chi connectivity index (χ3n) is 8.35. The van der Waals surface area contributed by atoms with E-state index < -0.39 is 4.87 Å². The van der Waals surface area contributed by atoms with Crippen LogP contribution in [-0.4, -0.2) is 0 Å². The predicted molar refractivity (Wildman–Crippen MR) is 171 cm³/mol. The zero-order valence-corrected chi connectivity index (χ0v) is 31.4. The van der Waals surface area contributed by atoms with Crippen molar-refractivity contribution in [3.8, 4) is 0 Å². The Morgan fingerprint density at radius 3 is 1.86 bits per heavy atom. The van der Waals surface area contributed by atoms with Crippen molar-refractivity contribution in [3.05, 3.63) is 112 Å². The molecule has 0 amide bonds. The van der Waals surface area contributed by atoms with Crippen molar-refractivity contribution in [2.75, 3.05) is 0 Å². The molecule has 0 fully saturated rings. The van der Waals surface area contributed by atoms with Gasteiger partial charge in [0.2, 0.25) is 0 Å². The number of alkyl halides is 1. The first-order chi connectivity index (χ1) is 18.0. The summed E-state index contributed by atoms with van der Waals surface area (Å²) < 4.78 is 0. The van der Waals surface area contributed by atoms with Gasteiger partial charge in [-0.3, -0.25) is 6.08 Å². The molecule has 4 aromatic rings. The molecule has 7 rings (SSSR count). The van der Waals surface area contributed by atoms with Gasteiger partial charge in [0.15, 0.2) is 0 Å². The molecule has 4 aromatic carbocycles.